The van der Waals surface area contributed by atoms with E-state index in [-0.39, 0.29) is 0 Å². The third kappa shape index (κ3) is 3.65. The third-order valence-electron chi connectivity index (χ3n) is 3.13. The minimum absolute atomic E-state index is 0.616. The molecule has 0 amide bonds. The van der Waals surface area contributed by atoms with Gasteiger partial charge in [0.1, 0.15) is 6.10 Å². The van der Waals surface area contributed by atoms with Crippen LogP contribution in [-0.4, -0.2) is 10.1 Å². The van der Waals surface area contributed by atoms with Crippen molar-refractivity contribution in [2.45, 2.75) is 33.3 Å². The van der Waals surface area contributed by atoms with Crippen molar-refractivity contribution in [1.82, 2.24) is 4.98 Å². The fourth-order valence-corrected chi connectivity index (χ4v) is 2.17. The van der Waals surface area contributed by atoms with Crippen molar-refractivity contribution in [1.29, 1.82) is 0 Å². The number of nitrogens with zero attached hydrogens (tertiary/aromatic N) is 1. The molecule has 0 bridgehead atoms. The summed E-state index contributed by atoms with van der Waals surface area (Å²) in [5.74, 6) is 0.616. The van der Waals surface area contributed by atoms with Crippen LogP contribution in [-0.2, 0) is 6.42 Å². The molecular weight excluding hydrogens is 234 g/mol. The van der Waals surface area contributed by atoms with Crippen LogP contribution in [0, 0.1) is 12.8 Å². The minimum atomic E-state index is -0.646. The van der Waals surface area contributed by atoms with Crippen LogP contribution < -0.4 is 0 Å². The Kier molecular flexibility index (Phi) is 4.33. The predicted molar refractivity (Wildman–Crippen MR) is 78.0 cm³/mol. The van der Waals surface area contributed by atoms with Crippen LogP contribution in [0.25, 0.3) is 0 Å². The first-order valence-corrected chi connectivity index (χ1v) is 6.75. The maximum absolute atomic E-state index is 10.4. The zero-order valence-corrected chi connectivity index (χ0v) is 11.8. The van der Waals surface area contributed by atoms with E-state index in [0.29, 0.717) is 11.6 Å². The van der Waals surface area contributed by atoms with Crippen molar-refractivity contribution in [2.24, 2.45) is 5.92 Å². The molecule has 2 rings (SSSR count). The van der Waals surface area contributed by atoms with E-state index in [2.05, 4.69) is 31.0 Å². The van der Waals surface area contributed by atoms with Crippen LogP contribution in [0.2, 0.25) is 0 Å². The molecule has 100 valence electrons. The maximum atomic E-state index is 10.4. The molecule has 1 aromatic carbocycles. The van der Waals surface area contributed by atoms with Crippen molar-refractivity contribution in [3.05, 3.63) is 65.0 Å². The summed E-state index contributed by atoms with van der Waals surface area (Å²) in [5.41, 5.74) is 3.98. The lowest BCUT2D eigenvalue weighted by molar-refractivity contribution is 0.215. The van der Waals surface area contributed by atoms with Gasteiger partial charge in [-0.3, -0.25) is 4.98 Å². The summed E-state index contributed by atoms with van der Waals surface area (Å²) >= 11 is 0. The van der Waals surface area contributed by atoms with Crippen LogP contribution >= 0.6 is 0 Å². The lowest BCUT2D eigenvalue weighted by Gasteiger charge is -2.13. The monoisotopic (exact) mass is 255 g/mol. The van der Waals surface area contributed by atoms with Crippen LogP contribution in [0.1, 0.15) is 42.3 Å². The molecule has 0 saturated heterocycles. The van der Waals surface area contributed by atoms with Gasteiger partial charge in [-0.05, 0) is 42.0 Å². The summed E-state index contributed by atoms with van der Waals surface area (Å²) in [4.78, 5) is 4.30. The summed E-state index contributed by atoms with van der Waals surface area (Å²) in [5, 5.41) is 10.4. The van der Waals surface area contributed by atoms with Gasteiger partial charge in [0.2, 0.25) is 0 Å². The molecule has 0 aliphatic heterocycles. The van der Waals surface area contributed by atoms with Crippen LogP contribution in [0.15, 0.2) is 42.6 Å². The normalized spacial score (nSPS) is 12.7. The molecule has 0 aliphatic rings. The molecule has 1 heterocycles. The lowest BCUT2D eigenvalue weighted by atomic mass is 9.98. The zero-order valence-electron chi connectivity index (χ0n) is 11.8. The van der Waals surface area contributed by atoms with E-state index < -0.39 is 6.10 Å². The molecule has 19 heavy (non-hydrogen) atoms. The molecule has 0 saturated carbocycles. The smallest absolute Gasteiger partial charge is 0.121 e. The number of aryl methyl sites for hydroxylation is 1. The Bertz CT molecular complexity index is 531. The van der Waals surface area contributed by atoms with Gasteiger partial charge in [-0.25, -0.2) is 0 Å². The van der Waals surface area contributed by atoms with E-state index in [0.717, 1.165) is 17.5 Å². The van der Waals surface area contributed by atoms with E-state index in [1.165, 1.54) is 5.56 Å². The Hall–Kier alpha value is -1.67. The second kappa shape index (κ2) is 5.98. The zero-order chi connectivity index (χ0) is 13.8. The Morgan fingerprint density at radius 3 is 2.58 bits per heavy atom. The number of hydrogen-bond acceptors (Lipinski definition) is 2. The summed E-state index contributed by atoms with van der Waals surface area (Å²) in [7, 11) is 0. The van der Waals surface area contributed by atoms with Gasteiger partial charge in [0.15, 0.2) is 0 Å². The number of benzene rings is 1. The summed E-state index contributed by atoms with van der Waals surface area (Å²) in [6, 6.07) is 12.0. The number of aromatic nitrogens is 1. The molecule has 0 aliphatic carbocycles. The SMILES string of the molecule is Cc1ccc(C(O)c2cccc(CC(C)C)c2)nc1. The van der Waals surface area contributed by atoms with Gasteiger partial charge in [-0.1, -0.05) is 44.2 Å². The number of hydrogen-bond donors (Lipinski definition) is 1. The molecule has 2 heteroatoms. The highest BCUT2D eigenvalue weighted by Crippen LogP contribution is 2.22. The van der Waals surface area contributed by atoms with Gasteiger partial charge >= 0.3 is 0 Å². The first-order valence-electron chi connectivity index (χ1n) is 6.75. The number of rotatable bonds is 4. The van der Waals surface area contributed by atoms with E-state index in [1.54, 1.807) is 6.20 Å². The minimum Gasteiger partial charge on any atom is -0.382 e. The summed E-state index contributed by atoms with van der Waals surface area (Å²) in [6.07, 6.45) is 2.17. The van der Waals surface area contributed by atoms with Crippen LogP contribution in [0.5, 0.6) is 0 Å². The second-order valence-electron chi connectivity index (χ2n) is 5.51. The molecule has 2 aromatic rings. The maximum Gasteiger partial charge on any atom is 0.121 e. The first kappa shape index (κ1) is 13.8. The Balaban J connectivity index is 2.23. The van der Waals surface area contributed by atoms with Gasteiger partial charge in [0.05, 0.1) is 5.69 Å². The van der Waals surface area contributed by atoms with Crippen molar-refractivity contribution in [2.75, 3.05) is 0 Å². The number of aliphatic hydroxyl groups is 1. The molecule has 0 radical (unpaired) electrons. The largest absolute Gasteiger partial charge is 0.382 e. The molecule has 0 fully saturated rings. The molecular formula is C17H21NO. The Labute approximate surface area is 115 Å². The van der Waals surface area contributed by atoms with Gasteiger partial charge in [0, 0.05) is 6.20 Å². The van der Waals surface area contributed by atoms with E-state index in [4.69, 9.17) is 0 Å². The van der Waals surface area contributed by atoms with E-state index in [1.807, 2.05) is 31.2 Å². The second-order valence-corrected chi connectivity index (χ2v) is 5.51. The molecule has 1 atom stereocenters. The molecule has 1 unspecified atom stereocenters. The van der Waals surface area contributed by atoms with Crippen molar-refractivity contribution < 1.29 is 5.11 Å². The van der Waals surface area contributed by atoms with Crippen molar-refractivity contribution >= 4 is 0 Å². The van der Waals surface area contributed by atoms with Crippen LogP contribution in [0.3, 0.4) is 0 Å². The standard InChI is InChI=1S/C17H21NO/c1-12(2)9-14-5-4-6-15(10-14)17(19)16-8-7-13(3)11-18-16/h4-8,10-12,17,19H,9H2,1-3H3. The highest BCUT2D eigenvalue weighted by atomic mass is 16.3. The highest BCUT2D eigenvalue weighted by molar-refractivity contribution is 5.30. The predicted octanol–water partition coefficient (Wildman–Crippen LogP) is 3.67. The van der Waals surface area contributed by atoms with Crippen LogP contribution in [0.4, 0.5) is 0 Å². The lowest BCUT2D eigenvalue weighted by Crippen LogP contribution is -2.03. The molecule has 1 N–H and O–H groups in total. The topological polar surface area (TPSA) is 33.1 Å². The van der Waals surface area contributed by atoms with Gasteiger partial charge in [0.25, 0.3) is 0 Å². The summed E-state index contributed by atoms with van der Waals surface area (Å²) in [6.45, 7) is 6.39. The number of pyridine rings is 1. The van der Waals surface area contributed by atoms with Crippen molar-refractivity contribution in [3.8, 4) is 0 Å². The Morgan fingerprint density at radius 1 is 1.16 bits per heavy atom. The first-order chi connectivity index (χ1) is 9.06. The average Bonchev–Trinajstić information content (AvgIpc) is 2.38. The Morgan fingerprint density at radius 2 is 1.95 bits per heavy atom. The van der Waals surface area contributed by atoms with E-state index in [9.17, 15) is 5.11 Å². The van der Waals surface area contributed by atoms with Crippen molar-refractivity contribution in [3.63, 3.8) is 0 Å². The fourth-order valence-electron chi connectivity index (χ4n) is 2.17. The molecule has 2 nitrogen and oxygen atoms in total. The van der Waals surface area contributed by atoms with Gasteiger partial charge in [-0.2, -0.15) is 0 Å². The van der Waals surface area contributed by atoms with Gasteiger partial charge < -0.3 is 5.11 Å². The number of aliphatic hydroxyl groups excluding tert-OH is 1. The average molecular weight is 255 g/mol. The highest BCUT2D eigenvalue weighted by Gasteiger charge is 2.12. The summed E-state index contributed by atoms with van der Waals surface area (Å²) < 4.78 is 0. The quantitative estimate of drug-likeness (QED) is 0.904. The molecule has 0 spiro atoms. The van der Waals surface area contributed by atoms with E-state index >= 15 is 0 Å². The molecule has 1 aromatic heterocycles. The third-order valence-corrected chi connectivity index (χ3v) is 3.13. The fraction of sp³-hybridized carbons (Fsp3) is 0.353. The van der Waals surface area contributed by atoms with Gasteiger partial charge in [-0.15, -0.1) is 0 Å².